The van der Waals surface area contributed by atoms with Gasteiger partial charge >= 0.3 is 0 Å². The van der Waals surface area contributed by atoms with E-state index < -0.39 is 5.82 Å². The summed E-state index contributed by atoms with van der Waals surface area (Å²) in [4.78, 5) is 19.6. The highest BCUT2D eigenvalue weighted by molar-refractivity contribution is 5.99. The monoisotopic (exact) mass is 367 g/mol. The van der Waals surface area contributed by atoms with E-state index >= 15 is 0 Å². The van der Waals surface area contributed by atoms with Crippen molar-refractivity contribution >= 4 is 29.0 Å². The number of carbonyl (C=O) groups excluding carboxylic acids is 1. The molecule has 0 bridgehead atoms. The molecule has 7 heteroatoms. The minimum absolute atomic E-state index is 0.0241. The molecule has 1 aromatic heterocycles. The SMILES string of the molecule is C=CC(=O)Nc1cccc(Nc2nc(NC(/C=C\C)=C/CC)ncc2F)c1. The summed E-state index contributed by atoms with van der Waals surface area (Å²) in [6.45, 7) is 7.33. The molecule has 0 aliphatic heterocycles. The summed E-state index contributed by atoms with van der Waals surface area (Å²) in [5.41, 5.74) is 1.95. The molecule has 0 radical (unpaired) electrons. The smallest absolute Gasteiger partial charge is 0.247 e. The summed E-state index contributed by atoms with van der Waals surface area (Å²) in [6, 6.07) is 6.85. The lowest BCUT2D eigenvalue weighted by atomic mass is 10.2. The van der Waals surface area contributed by atoms with Crippen molar-refractivity contribution in [2.75, 3.05) is 16.0 Å². The minimum Gasteiger partial charge on any atom is -0.338 e. The number of anilines is 4. The summed E-state index contributed by atoms with van der Waals surface area (Å²) < 4.78 is 14.1. The van der Waals surface area contributed by atoms with E-state index in [0.29, 0.717) is 11.4 Å². The largest absolute Gasteiger partial charge is 0.338 e. The molecule has 2 rings (SSSR count). The van der Waals surface area contributed by atoms with Crippen molar-refractivity contribution in [3.63, 3.8) is 0 Å². The molecular weight excluding hydrogens is 345 g/mol. The van der Waals surface area contributed by atoms with Crippen LogP contribution in [0.15, 0.2) is 67.0 Å². The normalized spacial score (nSPS) is 11.3. The topological polar surface area (TPSA) is 78.9 Å². The fraction of sp³-hybridized carbons (Fsp3) is 0.150. The third kappa shape index (κ3) is 6.07. The van der Waals surface area contributed by atoms with Crippen LogP contribution in [0.1, 0.15) is 20.3 Å². The number of halogens is 1. The van der Waals surface area contributed by atoms with Crippen LogP contribution >= 0.6 is 0 Å². The number of hydrogen-bond acceptors (Lipinski definition) is 5. The quantitative estimate of drug-likeness (QED) is 0.463. The van der Waals surface area contributed by atoms with Gasteiger partial charge in [-0.1, -0.05) is 31.7 Å². The highest BCUT2D eigenvalue weighted by Gasteiger charge is 2.09. The average molecular weight is 367 g/mol. The van der Waals surface area contributed by atoms with Gasteiger partial charge in [0.05, 0.1) is 6.20 Å². The van der Waals surface area contributed by atoms with Gasteiger partial charge in [0.15, 0.2) is 11.6 Å². The van der Waals surface area contributed by atoms with Crippen molar-refractivity contribution in [2.45, 2.75) is 20.3 Å². The van der Waals surface area contributed by atoms with Gasteiger partial charge in [-0.2, -0.15) is 4.98 Å². The molecule has 0 atom stereocenters. The van der Waals surface area contributed by atoms with E-state index in [4.69, 9.17) is 0 Å². The van der Waals surface area contributed by atoms with E-state index in [1.807, 2.05) is 32.1 Å². The van der Waals surface area contributed by atoms with Gasteiger partial charge in [-0.25, -0.2) is 9.37 Å². The van der Waals surface area contributed by atoms with Crippen LogP contribution in [0.25, 0.3) is 0 Å². The summed E-state index contributed by atoms with van der Waals surface area (Å²) in [5, 5.41) is 8.60. The molecule has 27 heavy (non-hydrogen) atoms. The Morgan fingerprint density at radius 2 is 2.07 bits per heavy atom. The number of nitrogens with zero attached hydrogens (tertiary/aromatic N) is 2. The summed E-state index contributed by atoms with van der Waals surface area (Å²) >= 11 is 0. The number of rotatable bonds is 8. The molecule has 3 N–H and O–H groups in total. The molecule has 1 amide bonds. The van der Waals surface area contributed by atoms with Crippen molar-refractivity contribution in [3.05, 3.63) is 72.9 Å². The summed E-state index contributed by atoms with van der Waals surface area (Å²) in [6.07, 6.45) is 8.86. The van der Waals surface area contributed by atoms with Gasteiger partial charge in [0, 0.05) is 17.1 Å². The van der Waals surface area contributed by atoms with E-state index in [1.54, 1.807) is 24.3 Å². The lowest BCUT2D eigenvalue weighted by molar-refractivity contribution is -0.111. The van der Waals surface area contributed by atoms with Crippen molar-refractivity contribution in [1.82, 2.24) is 9.97 Å². The van der Waals surface area contributed by atoms with Crippen molar-refractivity contribution in [1.29, 1.82) is 0 Å². The molecule has 1 aromatic carbocycles. The number of allylic oxidation sites excluding steroid dienone is 3. The number of hydrogen-bond donors (Lipinski definition) is 3. The number of carbonyl (C=O) groups is 1. The molecule has 0 unspecified atom stereocenters. The Morgan fingerprint density at radius 1 is 1.30 bits per heavy atom. The van der Waals surface area contributed by atoms with Crippen molar-refractivity contribution in [2.24, 2.45) is 0 Å². The number of benzene rings is 1. The van der Waals surface area contributed by atoms with Gasteiger partial charge in [0.25, 0.3) is 0 Å². The maximum atomic E-state index is 14.1. The van der Waals surface area contributed by atoms with Crippen LogP contribution < -0.4 is 16.0 Å². The molecule has 1 heterocycles. The first-order valence-electron chi connectivity index (χ1n) is 8.48. The Kier molecular flexibility index (Phi) is 7.25. The molecule has 0 saturated carbocycles. The molecule has 0 spiro atoms. The first kappa shape index (κ1) is 19.8. The second kappa shape index (κ2) is 9.86. The predicted octanol–water partition coefficient (Wildman–Crippen LogP) is 4.77. The van der Waals surface area contributed by atoms with Gasteiger partial charge < -0.3 is 16.0 Å². The third-order valence-electron chi connectivity index (χ3n) is 3.35. The van der Waals surface area contributed by atoms with Crippen LogP contribution in [0, 0.1) is 5.82 Å². The van der Waals surface area contributed by atoms with Gasteiger partial charge in [-0.3, -0.25) is 4.79 Å². The second-order valence-corrected chi connectivity index (χ2v) is 5.48. The predicted molar refractivity (Wildman–Crippen MR) is 107 cm³/mol. The Morgan fingerprint density at radius 3 is 2.78 bits per heavy atom. The van der Waals surface area contributed by atoms with Crippen LogP contribution in [0.5, 0.6) is 0 Å². The average Bonchev–Trinajstić information content (AvgIpc) is 2.65. The van der Waals surface area contributed by atoms with Gasteiger partial charge in [0.2, 0.25) is 11.9 Å². The molecular formula is C20H22FN5O. The van der Waals surface area contributed by atoms with Crippen LogP contribution in [-0.4, -0.2) is 15.9 Å². The first-order chi connectivity index (χ1) is 13.0. The highest BCUT2D eigenvalue weighted by atomic mass is 19.1. The standard InChI is InChI=1S/C20H22FN5O/c1-4-8-14(9-5-2)25-20-22-13-17(21)19(26-20)24-16-11-7-10-15(12-16)23-18(27)6-3/h4,6-13H,3,5H2,1-2H3,(H,23,27)(H2,22,24,25,26)/b8-4-,14-9+. The second-order valence-electron chi connectivity index (χ2n) is 5.48. The number of nitrogens with one attached hydrogen (secondary N) is 3. The summed E-state index contributed by atoms with van der Waals surface area (Å²) in [7, 11) is 0. The molecule has 0 fully saturated rings. The lowest BCUT2D eigenvalue weighted by Crippen LogP contribution is -2.08. The molecule has 0 saturated heterocycles. The molecule has 0 aliphatic rings. The zero-order valence-electron chi connectivity index (χ0n) is 15.3. The molecule has 6 nitrogen and oxygen atoms in total. The van der Waals surface area contributed by atoms with E-state index in [2.05, 4.69) is 32.5 Å². The van der Waals surface area contributed by atoms with Gasteiger partial charge in [-0.15, -0.1) is 0 Å². The maximum absolute atomic E-state index is 14.1. The van der Waals surface area contributed by atoms with E-state index in [0.717, 1.165) is 18.3 Å². The minimum atomic E-state index is -0.590. The molecule has 140 valence electrons. The number of aromatic nitrogens is 2. The van der Waals surface area contributed by atoms with Crippen molar-refractivity contribution < 1.29 is 9.18 Å². The molecule has 2 aromatic rings. The molecule has 0 aliphatic carbocycles. The fourth-order valence-corrected chi connectivity index (χ4v) is 2.21. The van der Waals surface area contributed by atoms with Crippen LogP contribution in [0.3, 0.4) is 0 Å². The van der Waals surface area contributed by atoms with Crippen molar-refractivity contribution in [3.8, 4) is 0 Å². The highest BCUT2D eigenvalue weighted by Crippen LogP contribution is 2.22. The van der Waals surface area contributed by atoms with E-state index in [1.165, 1.54) is 6.08 Å². The summed E-state index contributed by atoms with van der Waals surface area (Å²) in [5.74, 6) is -0.622. The Hall–Kier alpha value is -3.48. The Bertz CT molecular complexity index is 876. The van der Waals surface area contributed by atoms with Gasteiger partial charge in [0.1, 0.15) is 0 Å². The van der Waals surface area contributed by atoms with Crippen LogP contribution in [0.2, 0.25) is 0 Å². The Balaban J connectivity index is 2.21. The first-order valence-corrected chi connectivity index (χ1v) is 8.48. The van der Waals surface area contributed by atoms with E-state index in [9.17, 15) is 9.18 Å². The zero-order chi connectivity index (χ0) is 19.6. The van der Waals surface area contributed by atoms with Gasteiger partial charge in [-0.05, 0) is 43.7 Å². The van der Waals surface area contributed by atoms with Crippen LogP contribution in [-0.2, 0) is 4.79 Å². The number of amides is 1. The third-order valence-corrected chi connectivity index (χ3v) is 3.35. The van der Waals surface area contributed by atoms with E-state index in [-0.39, 0.29) is 17.7 Å². The fourth-order valence-electron chi connectivity index (χ4n) is 2.21. The maximum Gasteiger partial charge on any atom is 0.247 e. The van der Waals surface area contributed by atoms with Crippen LogP contribution in [0.4, 0.5) is 27.5 Å². The zero-order valence-corrected chi connectivity index (χ0v) is 15.3. The lowest BCUT2D eigenvalue weighted by Gasteiger charge is -2.11. The Labute approximate surface area is 157 Å².